The fraction of sp³-hybridized carbons (Fsp3) is 0.111. The van der Waals surface area contributed by atoms with Crippen molar-refractivity contribution in [3.63, 3.8) is 0 Å². The Hall–Kier alpha value is -3.70. The lowest BCUT2D eigenvalue weighted by Crippen LogP contribution is -2.23. The number of hydrogen-bond acceptors (Lipinski definition) is 4. The Balaban J connectivity index is 1.65. The number of fused-ring (bicyclic) bond motifs is 1. The predicted octanol–water partition coefficient (Wildman–Crippen LogP) is 5.43. The average molecular weight is 439 g/mol. The summed E-state index contributed by atoms with van der Waals surface area (Å²) in [5.41, 5.74) is 4.53. The maximum atomic E-state index is 13.5. The van der Waals surface area contributed by atoms with Crippen LogP contribution in [0.5, 0.6) is 5.75 Å². The quantitative estimate of drug-likeness (QED) is 0.355. The molecule has 0 aliphatic rings. The van der Waals surface area contributed by atoms with Gasteiger partial charge in [-0.2, -0.15) is 0 Å². The van der Waals surface area contributed by atoms with Crippen LogP contribution >= 0.6 is 11.3 Å². The Morgan fingerprint density at radius 3 is 2.22 bits per heavy atom. The van der Waals surface area contributed by atoms with E-state index in [2.05, 4.69) is 6.92 Å². The molecule has 0 amide bonds. The van der Waals surface area contributed by atoms with Crippen LogP contribution in [0.4, 0.5) is 0 Å². The van der Waals surface area contributed by atoms with E-state index in [0.717, 1.165) is 40.2 Å². The van der Waals surface area contributed by atoms with E-state index in [4.69, 9.17) is 9.72 Å². The lowest BCUT2D eigenvalue weighted by molar-refractivity contribution is 0.317. The molecule has 0 bridgehead atoms. The SMILES string of the molecule is CCCOc1ccc(/C=c2/sc3nc(-c4ccccc4)c(-c4ccccc4)n3c2=O)cc1. The van der Waals surface area contributed by atoms with Crippen molar-refractivity contribution < 1.29 is 4.74 Å². The summed E-state index contributed by atoms with van der Waals surface area (Å²) in [6.07, 6.45) is 2.89. The van der Waals surface area contributed by atoms with Crippen molar-refractivity contribution >= 4 is 22.4 Å². The van der Waals surface area contributed by atoms with Crippen LogP contribution in [0.15, 0.2) is 89.7 Å². The highest BCUT2D eigenvalue weighted by atomic mass is 32.1. The van der Waals surface area contributed by atoms with Gasteiger partial charge in [0.2, 0.25) is 0 Å². The van der Waals surface area contributed by atoms with Gasteiger partial charge in [-0.15, -0.1) is 0 Å². The molecule has 0 fully saturated rings. The summed E-state index contributed by atoms with van der Waals surface area (Å²) < 4.78 is 8.05. The van der Waals surface area contributed by atoms with Gasteiger partial charge in [-0.05, 0) is 30.2 Å². The highest BCUT2D eigenvalue weighted by molar-refractivity contribution is 7.15. The summed E-state index contributed by atoms with van der Waals surface area (Å²) in [6, 6.07) is 27.8. The van der Waals surface area contributed by atoms with E-state index >= 15 is 0 Å². The monoisotopic (exact) mass is 438 g/mol. The van der Waals surface area contributed by atoms with Crippen molar-refractivity contribution in [2.24, 2.45) is 0 Å². The number of rotatable bonds is 6. The van der Waals surface area contributed by atoms with Crippen molar-refractivity contribution in [3.8, 4) is 28.3 Å². The van der Waals surface area contributed by atoms with Gasteiger partial charge >= 0.3 is 0 Å². The van der Waals surface area contributed by atoms with Crippen molar-refractivity contribution in [2.75, 3.05) is 6.61 Å². The highest BCUT2D eigenvalue weighted by Crippen LogP contribution is 2.32. The number of aromatic nitrogens is 2. The molecular formula is C27H22N2O2S. The zero-order valence-corrected chi connectivity index (χ0v) is 18.5. The Morgan fingerprint density at radius 1 is 0.906 bits per heavy atom. The Morgan fingerprint density at radius 2 is 1.56 bits per heavy atom. The van der Waals surface area contributed by atoms with Gasteiger partial charge < -0.3 is 4.74 Å². The first-order chi connectivity index (χ1) is 15.7. The summed E-state index contributed by atoms with van der Waals surface area (Å²) in [5.74, 6) is 0.839. The van der Waals surface area contributed by atoms with Crippen molar-refractivity contribution in [1.82, 2.24) is 9.38 Å². The molecule has 0 atom stereocenters. The van der Waals surface area contributed by atoms with E-state index in [1.807, 2.05) is 91.0 Å². The van der Waals surface area contributed by atoms with Crippen LogP contribution in [-0.4, -0.2) is 16.0 Å². The molecule has 0 aliphatic carbocycles. The lowest BCUT2D eigenvalue weighted by Gasteiger charge is -2.04. The van der Waals surface area contributed by atoms with Gasteiger partial charge in [0.05, 0.1) is 22.5 Å². The Kier molecular flexibility index (Phi) is 5.57. The minimum absolute atomic E-state index is 0.0511. The smallest absolute Gasteiger partial charge is 0.274 e. The Bertz CT molecular complexity index is 1450. The van der Waals surface area contributed by atoms with E-state index < -0.39 is 0 Å². The number of imidazole rings is 1. The van der Waals surface area contributed by atoms with Crippen LogP contribution in [0.3, 0.4) is 0 Å². The molecule has 0 saturated heterocycles. The standard InChI is InChI=1S/C27H22N2O2S/c1-2-17-31-22-15-13-19(14-16-22)18-23-26(30)29-25(21-11-7-4-8-12-21)24(28-27(29)32-23)20-9-5-3-6-10-20/h3-16,18H,2,17H2,1H3/b23-18+. The van der Waals surface area contributed by atoms with Gasteiger partial charge in [0.25, 0.3) is 5.56 Å². The summed E-state index contributed by atoms with van der Waals surface area (Å²) in [5, 5.41) is 0. The third kappa shape index (κ3) is 3.83. The normalized spacial score (nSPS) is 11.8. The maximum Gasteiger partial charge on any atom is 0.274 e. The maximum absolute atomic E-state index is 13.5. The second-order valence-electron chi connectivity index (χ2n) is 7.49. The van der Waals surface area contributed by atoms with Gasteiger partial charge in [0, 0.05) is 11.1 Å². The number of benzene rings is 3. The predicted molar refractivity (Wildman–Crippen MR) is 131 cm³/mol. The van der Waals surface area contributed by atoms with Gasteiger partial charge in [-0.25, -0.2) is 9.38 Å². The molecular weight excluding hydrogens is 416 g/mol. The molecule has 0 radical (unpaired) electrons. The molecule has 0 aliphatic heterocycles. The van der Waals surface area contributed by atoms with Crippen LogP contribution in [0.2, 0.25) is 0 Å². The summed E-state index contributed by atoms with van der Waals surface area (Å²) in [4.78, 5) is 19.0. The van der Waals surface area contributed by atoms with E-state index in [9.17, 15) is 4.79 Å². The van der Waals surface area contributed by atoms with Crippen LogP contribution in [0.25, 0.3) is 33.6 Å². The number of hydrogen-bond donors (Lipinski definition) is 0. The molecule has 0 saturated carbocycles. The van der Waals surface area contributed by atoms with Crippen LogP contribution in [0.1, 0.15) is 18.9 Å². The topological polar surface area (TPSA) is 43.6 Å². The molecule has 0 unspecified atom stereocenters. The largest absolute Gasteiger partial charge is 0.494 e. The third-order valence-electron chi connectivity index (χ3n) is 5.21. The van der Waals surface area contributed by atoms with Crippen molar-refractivity contribution in [3.05, 3.63) is 105 Å². The second kappa shape index (κ2) is 8.81. The molecule has 2 heterocycles. The molecule has 4 nitrogen and oxygen atoms in total. The van der Waals surface area contributed by atoms with Crippen LogP contribution < -0.4 is 14.8 Å². The zero-order chi connectivity index (χ0) is 21.9. The first-order valence-electron chi connectivity index (χ1n) is 10.7. The summed E-state index contributed by atoms with van der Waals surface area (Å²) in [6.45, 7) is 2.78. The third-order valence-corrected chi connectivity index (χ3v) is 6.18. The van der Waals surface area contributed by atoms with Crippen LogP contribution in [0, 0.1) is 0 Å². The van der Waals surface area contributed by atoms with Crippen molar-refractivity contribution in [1.29, 1.82) is 0 Å². The first kappa shape index (κ1) is 20.2. The minimum Gasteiger partial charge on any atom is -0.494 e. The second-order valence-corrected chi connectivity index (χ2v) is 8.50. The zero-order valence-electron chi connectivity index (χ0n) is 17.7. The average Bonchev–Trinajstić information content (AvgIpc) is 3.36. The van der Waals surface area contributed by atoms with Gasteiger partial charge in [0.15, 0.2) is 4.96 Å². The van der Waals surface area contributed by atoms with Crippen molar-refractivity contribution in [2.45, 2.75) is 13.3 Å². The molecule has 5 aromatic rings. The number of thiazole rings is 1. The molecule has 2 aromatic heterocycles. The van der Waals surface area contributed by atoms with Gasteiger partial charge in [-0.3, -0.25) is 4.79 Å². The van der Waals surface area contributed by atoms with E-state index in [0.29, 0.717) is 16.1 Å². The number of ether oxygens (including phenoxy) is 1. The molecule has 0 spiro atoms. The molecule has 5 heteroatoms. The molecule has 0 N–H and O–H groups in total. The molecule has 5 rings (SSSR count). The fourth-order valence-electron chi connectivity index (χ4n) is 3.69. The first-order valence-corrected chi connectivity index (χ1v) is 11.5. The molecule has 32 heavy (non-hydrogen) atoms. The number of nitrogens with zero attached hydrogens (tertiary/aromatic N) is 2. The van der Waals surface area contributed by atoms with E-state index in [1.165, 1.54) is 11.3 Å². The molecule has 158 valence electrons. The van der Waals surface area contributed by atoms with Gasteiger partial charge in [0.1, 0.15) is 5.75 Å². The van der Waals surface area contributed by atoms with E-state index in [-0.39, 0.29) is 5.56 Å². The minimum atomic E-state index is -0.0511. The van der Waals surface area contributed by atoms with Gasteiger partial charge in [-0.1, -0.05) is 91.1 Å². The van der Waals surface area contributed by atoms with Crippen LogP contribution in [-0.2, 0) is 0 Å². The van der Waals surface area contributed by atoms with E-state index in [1.54, 1.807) is 4.40 Å². The summed E-state index contributed by atoms with van der Waals surface area (Å²) >= 11 is 1.41. The summed E-state index contributed by atoms with van der Waals surface area (Å²) in [7, 11) is 0. The fourth-order valence-corrected chi connectivity index (χ4v) is 4.66. The Labute approximate surface area is 190 Å². The highest BCUT2D eigenvalue weighted by Gasteiger charge is 2.19. The lowest BCUT2D eigenvalue weighted by atomic mass is 10.1. The molecule has 3 aromatic carbocycles.